The summed E-state index contributed by atoms with van der Waals surface area (Å²) in [6.45, 7) is 0.263. The number of nitrogens with two attached hydrogens (primary N) is 1. The minimum absolute atomic E-state index is 0.308. The molecule has 142 valence electrons. The van der Waals surface area contributed by atoms with Crippen LogP contribution < -0.4 is 5.73 Å². The number of fused-ring (bicyclic) bond motifs is 1. The molecule has 0 spiro atoms. The second-order valence-electron chi connectivity index (χ2n) is 6.84. The van der Waals surface area contributed by atoms with Gasteiger partial charge < -0.3 is 10.3 Å². The van der Waals surface area contributed by atoms with E-state index in [2.05, 4.69) is 33.8 Å². The molecular formula is C23H21ClFN3. The molecule has 0 unspecified atom stereocenters. The predicted octanol–water partition coefficient (Wildman–Crippen LogP) is 5.89. The maximum absolute atomic E-state index is 12.6. The number of alkyl halides is 1. The lowest BCUT2D eigenvalue weighted by Crippen LogP contribution is -2.05. The zero-order valence-electron chi connectivity index (χ0n) is 15.4. The van der Waals surface area contributed by atoms with E-state index in [1.807, 2.05) is 36.4 Å². The van der Waals surface area contributed by atoms with Gasteiger partial charge in [-0.25, -0.2) is 4.98 Å². The number of benzene rings is 2. The number of pyridine rings is 1. The maximum Gasteiger partial charge on any atom is 0.123 e. The van der Waals surface area contributed by atoms with Gasteiger partial charge in [-0.3, -0.25) is 4.39 Å². The number of anilines is 1. The molecule has 4 rings (SSSR count). The first kappa shape index (κ1) is 18.5. The number of nitrogen functional groups attached to an aromatic ring is 1. The average molecular weight is 394 g/mol. The third kappa shape index (κ3) is 3.73. The molecule has 2 aromatic carbocycles. The van der Waals surface area contributed by atoms with Crippen molar-refractivity contribution in [3.63, 3.8) is 0 Å². The standard InChI is InChI=1S/C23H21ClFN3/c24-20-8-2-1-7-19(20)22-14-17-11-10-16(5-4-12-25)13-21(17)28(22)15-18-6-3-9-23(26)27-18/h1-3,6-11,13-14H,4-5,12,15H2,(H2,26,27). The number of rotatable bonds is 6. The summed E-state index contributed by atoms with van der Waals surface area (Å²) < 4.78 is 14.8. The second kappa shape index (κ2) is 8.03. The van der Waals surface area contributed by atoms with E-state index in [4.69, 9.17) is 17.3 Å². The molecule has 2 N–H and O–H groups in total. The topological polar surface area (TPSA) is 43.8 Å². The molecule has 3 nitrogen and oxygen atoms in total. The van der Waals surface area contributed by atoms with Crippen molar-refractivity contribution in [2.45, 2.75) is 19.4 Å². The fourth-order valence-electron chi connectivity index (χ4n) is 3.54. The number of hydrogen-bond donors (Lipinski definition) is 1. The van der Waals surface area contributed by atoms with Crippen molar-refractivity contribution < 1.29 is 4.39 Å². The van der Waals surface area contributed by atoms with Crippen molar-refractivity contribution in [1.29, 1.82) is 0 Å². The SMILES string of the molecule is Nc1cccc(Cn2c(-c3ccccc3Cl)cc3ccc(CCCF)cc32)n1. The van der Waals surface area contributed by atoms with Crippen molar-refractivity contribution in [2.24, 2.45) is 0 Å². The maximum atomic E-state index is 12.6. The molecular weight excluding hydrogens is 373 g/mol. The van der Waals surface area contributed by atoms with Crippen molar-refractivity contribution in [2.75, 3.05) is 12.4 Å². The van der Waals surface area contributed by atoms with Crippen LogP contribution in [0.1, 0.15) is 17.7 Å². The Morgan fingerprint density at radius 2 is 1.86 bits per heavy atom. The van der Waals surface area contributed by atoms with Crippen LogP contribution in [0.25, 0.3) is 22.2 Å². The molecule has 2 heterocycles. The highest BCUT2D eigenvalue weighted by Gasteiger charge is 2.14. The zero-order chi connectivity index (χ0) is 19.5. The fraction of sp³-hybridized carbons (Fsp3) is 0.174. The normalized spacial score (nSPS) is 11.2. The van der Waals surface area contributed by atoms with Crippen molar-refractivity contribution >= 4 is 28.3 Å². The minimum Gasteiger partial charge on any atom is -0.384 e. The molecule has 0 bridgehead atoms. The molecule has 0 fully saturated rings. The van der Waals surface area contributed by atoms with Gasteiger partial charge in [0.2, 0.25) is 0 Å². The van der Waals surface area contributed by atoms with E-state index >= 15 is 0 Å². The van der Waals surface area contributed by atoms with Gasteiger partial charge in [0.25, 0.3) is 0 Å². The summed E-state index contributed by atoms with van der Waals surface area (Å²) in [7, 11) is 0. The number of aromatic nitrogens is 2. The van der Waals surface area contributed by atoms with Gasteiger partial charge in [-0.05, 0) is 48.7 Å². The van der Waals surface area contributed by atoms with E-state index < -0.39 is 0 Å². The number of aryl methyl sites for hydroxylation is 1. The Hall–Kier alpha value is -2.85. The van der Waals surface area contributed by atoms with Gasteiger partial charge in [0.05, 0.1) is 24.6 Å². The van der Waals surface area contributed by atoms with E-state index in [1.54, 1.807) is 6.07 Å². The molecule has 0 saturated carbocycles. The Balaban J connectivity index is 1.88. The molecule has 5 heteroatoms. The van der Waals surface area contributed by atoms with Gasteiger partial charge >= 0.3 is 0 Å². The molecule has 0 amide bonds. The van der Waals surface area contributed by atoms with E-state index in [1.165, 1.54) is 0 Å². The van der Waals surface area contributed by atoms with Crippen LogP contribution in [0.4, 0.5) is 10.2 Å². The van der Waals surface area contributed by atoms with Gasteiger partial charge in [-0.2, -0.15) is 0 Å². The van der Waals surface area contributed by atoms with Crippen LogP contribution >= 0.6 is 11.6 Å². The van der Waals surface area contributed by atoms with Gasteiger partial charge in [0, 0.05) is 21.5 Å². The van der Waals surface area contributed by atoms with Gasteiger partial charge in [-0.1, -0.05) is 48.0 Å². The first-order valence-electron chi connectivity index (χ1n) is 9.30. The minimum atomic E-state index is -0.308. The molecule has 0 atom stereocenters. The van der Waals surface area contributed by atoms with Crippen molar-refractivity contribution in [1.82, 2.24) is 9.55 Å². The third-order valence-electron chi connectivity index (χ3n) is 4.87. The van der Waals surface area contributed by atoms with Crippen LogP contribution in [-0.2, 0) is 13.0 Å². The lowest BCUT2D eigenvalue weighted by molar-refractivity contribution is 0.473. The Morgan fingerprint density at radius 1 is 1.00 bits per heavy atom. The summed E-state index contributed by atoms with van der Waals surface area (Å²) in [5.41, 5.74) is 10.9. The Labute approximate surface area is 168 Å². The smallest absolute Gasteiger partial charge is 0.123 e. The first-order valence-corrected chi connectivity index (χ1v) is 9.68. The number of nitrogens with zero attached hydrogens (tertiary/aromatic N) is 2. The van der Waals surface area contributed by atoms with E-state index in [0.717, 1.165) is 39.8 Å². The summed E-state index contributed by atoms with van der Waals surface area (Å²) >= 11 is 6.50. The third-order valence-corrected chi connectivity index (χ3v) is 5.20. The quantitative estimate of drug-likeness (QED) is 0.444. The van der Waals surface area contributed by atoms with Crippen LogP contribution in [0.3, 0.4) is 0 Å². The molecule has 0 radical (unpaired) electrons. The Bertz CT molecular complexity index is 1120. The molecule has 2 aromatic heterocycles. The Morgan fingerprint density at radius 3 is 2.64 bits per heavy atom. The van der Waals surface area contributed by atoms with E-state index in [-0.39, 0.29) is 6.67 Å². The second-order valence-corrected chi connectivity index (χ2v) is 7.24. The van der Waals surface area contributed by atoms with Crippen molar-refractivity contribution in [3.05, 3.63) is 83.0 Å². The first-order chi connectivity index (χ1) is 13.7. The molecule has 0 aliphatic carbocycles. The lowest BCUT2D eigenvalue weighted by atomic mass is 10.1. The monoisotopic (exact) mass is 393 g/mol. The van der Waals surface area contributed by atoms with Gasteiger partial charge in [-0.15, -0.1) is 0 Å². The summed E-state index contributed by atoms with van der Waals surface area (Å²) in [5, 5.41) is 1.81. The van der Waals surface area contributed by atoms with Crippen LogP contribution in [0.5, 0.6) is 0 Å². The van der Waals surface area contributed by atoms with Gasteiger partial charge in [0.15, 0.2) is 0 Å². The molecule has 0 aliphatic rings. The van der Waals surface area contributed by atoms with Crippen LogP contribution in [0.2, 0.25) is 5.02 Å². The molecule has 28 heavy (non-hydrogen) atoms. The molecule has 0 aliphatic heterocycles. The Kier molecular flexibility index (Phi) is 5.31. The highest BCUT2D eigenvalue weighted by molar-refractivity contribution is 6.33. The summed E-state index contributed by atoms with van der Waals surface area (Å²) in [6, 6.07) is 21.9. The van der Waals surface area contributed by atoms with Gasteiger partial charge in [0.1, 0.15) is 5.82 Å². The van der Waals surface area contributed by atoms with Crippen LogP contribution in [0.15, 0.2) is 66.7 Å². The highest BCUT2D eigenvalue weighted by atomic mass is 35.5. The molecule has 4 aromatic rings. The fourth-order valence-corrected chi connectivity index (χ4v) is 3.77. The zero-order valence-corrected chi connectivity index (χ0v) is 16.2. The summed E-state index contributed by atoms with van der Waals surface area (Å²) in [4.78, 5) is 4.46. The van der Waals surface area contributed by atoms with E-state index in [9.17, 15) is 4.39 Å². The van der Waals surface area contributed by atoms with E-state index in [0.29, 0.717) is 23.8 Å². The molecule has 0 saturated heterocycles. The predicted molar refractivity (Wildman–Crippen MR) is 114 cm³/mol. The van der Waals surface area contributed by atoms with Crippen LogP contribution in [0, 0.1) is 0 Å². The van der Waals surface area contributed by atoms with Crippen LogP contribution in [-0.4, -0.2) is 16.2 Å². The summed E-state index contributed by atoms with van der Waals surface area (Å²) in [6.07, 6.45) is 1.25. The average Bonchev–Trinajstić information content (AvgIpc) is 3.04. The largest absolute Gasteiger partial charge is 0.384 e. The van der Waals surface area contributed by atoms with Crippen molar-refractivity contribution in [3.8, 4) is 11.3 Å². The summed E-state index contributed by atoms with van der Waals surface area (Å²) in [5.74, 6) is 0.497. The number of hydrogen-bond acceptors (Lipinski definition) is 2. The highest BCUT2D eigenvalue weighted by Crippen LogP contribution is 2.34. The number of halogens is 2. The lowest BCUT2D eigenvalue weighted by Gasteiger charge is -2.13.